The molecule has 0 fully saturated rings. The third-order valence-electron chi connectivity index (χ3n) is 5.74. The van der Waals surface area contributed by atoms with Crippen molar-refractivity contribution in [3.8, 4) is 5.75 Å². The number of carbonyl (C=O) groups is 2. The Labute approximate surface area is 193 Å². The van der Waals surface area contributed by atoms with E-state index in [4.69, 9.17) is 9.47 Å². The van der Waals surface area contributed by atoms with Crippen molar-refractivity contribution >= 4 is 29.2 Å². The summed E-state index contributed by atoms with van der Waals surface area (Å²) in [6.45, 7) is 7.48. The average molecular weight is 448 g/mol. The minimum Gasteiger partial charge on any atom is -0.449 e. The molecule has 1 aliphatic rings. The first-order valence-electron chi connectivity index (χ1n) is 11.2. The molecule has 2 N–H and O–H groups in total. The Hall–Kier alpha value is -3.74. The summed E-state index contributed by atoms with van der Waals surface area (Å²) in [7, 11) is 0. The van der Waals surface area contributed by atoms with Gasteiger partial charge < -0.3 is 20.1 Å². The van der Waals surface area contributed by atoms with Crippen LogP contribution in [-0.4, -0.2) is 36.4 Å². The van der Waals surface area contributed by atoms with Crippen molar-refractivity contribution < 1.29 is 19.1 Å². The van der Waals surface area contributed by atoms with E-state index in [1.807, 2.05) is 48.7 Å². The van der Waals surface area contributed by atoms with Gasteiger partial charge in [-0.2, -0.15) is 0 Å². The van der Waals surface area contributed by atoms with Gasteiger partial charge in [0.15, 0.2) is 0 Å². The molecule has 0 unspecified atom stereocenters. The summed E-state index contributed by atoms with van der Waals surface area (Å²) in [4.78, 5) is 25.2. The quantitative estimate of drug-likeness (QED) is 0.586. The van der Waals surface area contributed by atoms with Crippen molar-refractivity contribution in [2.45, 2.75) is 32.6 Å². The fourth-order valence-corrected chi connectivity index (χ4v) is 4.24. The van der Waals surface area contributed by atoms with Gasteiger partial charge in [-0.05, 0) is 48.9 Å². The van der Waals surface area contributed by atoms with Crippen LogP contribution in [0.1, 0.15) is 37.6 Å². The molecule has 0 aliphatic carbocycles. The summed E-state index contributed by atoms with van der Waals surface area (Å²) in [6.07, 6.45) is 3.45. The number of rotatable bonds is 5. The maximum atomic E-state index is 12.9. The van der Waals surface area contributed by atoms with Crippen LogP contribution in [0.2, 0.25) is 0 Å². The second kappa shape index (κ2) is 9.40. The molecule has 0 radical (unpaired) electrons. The van der Waals surface area contributed by atoms with Crippen LogP contribution >= 0.6 is 0 Å². The fourth-order valence-electron chi connectivity index (χ4n) is 4.24. The van der Waals surface area contributed by atoms with Crippen LogP contribution in [0.4, 0.5) is 9.59 Å². The van der Waals surface area contributed by atoms with Crippen molar-refractivity contribution in [2.24, 2.45) is 0 Å². The lowest BCUT2D eigenvalue weighted by Gasteiger charge is -2.24. The van der Waals surface area contributed by atoms with Gasteiger partial charge in [-0.25, -0.2) is 14.2 Å². The van der Waals surface area contributed by atoms with E-state index in [0.717, 1.165) is 28.8 Å². The van der Waals surface area contributed by atoms with Gasteiger partial charge in [-0.3, -0.25) is 0 Å². The van der Waals surface area contributed by atoms with Crippen molar-refractivity contribution in [3.05, 3.63) is 71.6 Å². The highest BCUT2D eigenvalue weighted by Gasteiger charge is 2.32. The molecule has 3 aromatic rings. The van der Waals surface area contributed by atoms with E-state index >= 15 is 0 Å². The smallest absolute Gasteiger partial charge is 0.418 e. The molecule has 1 aliphatic heterocycles. The largest absolute Gasteiger partial charge is 0.449 e. The van der Waals surface area contributed by atoms with Crippen LogP contribution in [0.5, 0.6) is 5.75 Å². The number of nitrogens with zero attached hydrogens (tertiary/aromatic N) is 1. The summed E-state index contributed by atoms with van der Waals surface area (Å²) in [6, 6.07) is 15.3. The van der Waals surface area contributed by atoms with Crippen LogP contribution < -0.4 is 15.4 Å². The lowest BCUT2D eigenvalue weighted by molar-refractivity contribution is 0.155. The first kappa shape index (κ1) is 22.5. The number of ether oxygens (including phenoxy) is 2. The van der Waals surface area contributed by atoms with Gasteiger partial charge in [-0.15, -0.1) is 0 Å². The minimum atomic E-state index is -0.537. The standard InChI is InChI=1S/C26H29N3O4/c1-4-32-25(31)29-21-13-14-27-17-26(2,3)23(21)20-11-10-19(16-22(20)29)33-24(30)28-15-12-18-8-6-5-7-9-18/h5-11,13-14,16,27H,4,12,15,17H2,1-3H3,(H,28,30). The van der Waals surface area contributed by atoms with E-state index < -0.39 is 12.2 Å². The number of hydrogen-bond donors (Lipinski definition) is 2. The van der Waals surface area contributed by atoms with Gasteiger partial charge in [-0.1, -0.05) is 44.2 Å². The van der Waals surface area contributed by atoms with Crippen LogP contribution in [0, 0.1) is 0 Å². The highest BCUT2D eigenvalue weighted by molar-refractivity contribution is 5.98. The Morgan fingerprint density at radius 3 is 2.70 bits per heavy atom. The number of fused-ring (bicyclic) bond motifs is 3. The molecular formula is C26H29N3O4. The van der Waals surface area contributed by atoms with E-state index in [9.17, 15) is 9.59 Å². The minimum absolute atomic E-state index is 0.230. The van der Waals surface area contributed by atoms with E-state index in [1.54, 1.807) is 23.6 Å². The predicted molar refractivity (Wildman–Crippen MR) is 129 cm³/mol. The van der Waals surface area contributed by atoms with E-state index in [2.05, 4.69) is 24.5 Å². The number of nitrogens with one attached hydrogen (secondary N) is 2. The zero-order chi connectivity index (χ0) is 23.4. The van der Waals surface area contributed by atoms with Crippen LogP contribution in [0.15, 0.2) is 54.7 Å². The summed E-state index contributed by atoms with van der Waals surface area (Å²) in [5.74, 6) is 0.359. The van der Waals surface area contributed by atoms with Crippen LogP contribution in [0.25, 0.3) is 17.0 Å². The molecule has 1 aromatic heterocycles. The number of amides is 1. The molecule has 2 aromatic carbocycles. The fraction of sp³-hybridized carbons (Fsp3) is 0.308. The molecule has 0 saturated heterocycles. The maximum absolute atomic E-state index is 12.9. The topological polar surface area (TPSA) is 81.6 Å². The highest BCUT2D eigenvalue weighted by atomic mass is 16.6. The van der Waals surface area contributed by atoms with Crippen molar-refractivity contribution in [1.82, 2.24) is 15.2 Å². The van der Waals surface area contributed by atoms with E-state index in [-0.39, 0.29) is 12.0 Å². The highest BCUT2D eigenvalue weighted by Crippen LogP contribution is 2.39. The van der Waals surface area contributed by atoms with E-state index in [1.165, 1.54) is 0 Å². The number of carbonyl (C=O) groups excluding carboxylic acids is 2. The monoisotopic (exact) mass is 447 g/mol. The van der Waals surface area contributed by atoms with Gasteiger partial charge in [0.05, 0.1) is 17.8 Å². The summed E-state index contributed by atoms with van der Waals surface area (Å²) in [5.41, 5.74) is 3.37. The van der Waals surface area contributed by atoms with Gasteiger partial charge in [0.1, 0.15) is 5.75 Å². The third-order valence-corrected chi connectivity index (χ3v) is 5.74. The number of aromatic nitrogens is 1. The number of benzene rings is 2. The lowest BCUT2D eigenvalue weighted by Crippen LogP contribution is -2.29. The molecule has 172 valence electrons. The summed E-state index contributed by atoms with van der Waals surface area (Å²) < 4.78 is 12.4. The molecule has 0 saturated carbocycles. The zero-order valence-electron chi connectivity index (χ0n) is 19.2. The molecule has 0 atom stereocenters. The molecule has 7 heteroatoms. The lowest BCUT2D eigenvalue weighted by atomic mass is 9.83. The Morgan fingerprint density at radius 2 is 1.94 bits per heavy atom. The van der Waals surface area contributed by atoms with Crippen molar-refractivity contribution in [1.29, 1.82) is 0 Å². The second-order valence-electron chi connectivity index (χ2n) is 8.62. The van der Waals surface area contributed by atoms with Crippen LogP contribution in [0.3, 0.4) is 0 Å². The summed E-state index contributed by atoms with van der Waals surface area (Å²) in [5, 5.41) is 6.98. The SMILES string of the molecule is CCOC(=O)n1c2c(c3ccc(OC(=O)NCCc4ccccc4)cc31)C(C)(C)CNC=C2. The van der Waals surface area contributed by atoms with Gasteiger partial charge in [0.2, 0.25) is 0 Å². The normalized spacial score (nSPS) is 14.2. The first-order chi connectivity index (χ1) is 15.9. The molecule has 0 spiro atoms. The van der Waals surface area contributed by atoms with E-state index in [0.29, 0.717) is 24.2 Å². The van der Waals surface area contributed by atoms with Crippen molar-refractivity contribution in [3.63, 3.8) is 0 Å². The Bertz CT molecular complexity index is 1200. The van der Waals surface area contributed by atoms with Gasteiger partial charge in [0, 0.05) is 30.0 Å². The summed E-state index contributed by atoms with van der Waals surface area (Å²) >= 11 is 0. The first-order valence-corrected chi connectivity index (χ1v) is 11.2. The second-order valence-corrected chi connectivity index (χ2v) is 8.62. The number of hydrogen-bond acceptors (Lipinski definition) is 5. The molecule has 4 rings (SSSR count). The van der Waals surface area contributed by atoms with Crippen LogP contribution in [-0.2, 0) is 16.6 Å². The third kappa shape index (κ3) is 4.72. The molecular weight excluding hydrogens is 418 g/mol. The maximum Gasteiger partial charge on any atom is 0.418 e. The Balaban J connectivity index is 1.61. The molecule has 0 bridgehead atoms. The molecule has 33 heavy (non-hydrogen) atoms. The molecule has 7 nitrogen and oxygen atoms in total. The Kier molecular flexibility index (Phi) is 6.40. The zero-order valence-corrected chi connectivity index (χ0v) is 19.2. The Morgan fingerprint density at radius 1 is 1.15 bits per heavy atom. The van der Waals surface area contributed by atoms with Crippen molar-refractivity contribution in [2.75, 3.05) is 19.7 Å². The predicted octanol–water partition coefficient (Wildman–Crippen LogP) is 4.83. The van der Waals surface area contributed by atoms with Gasteiger partial charge in [0.25, 0.3) is 0 Å². The molecule has 2 heterocycles. The van der Waals surface area contributed by atoms with Gasteiger partial charge >= 0.3 is 12.2 Å². The molecule has 1 amide bonds. The average Bonchev–Trinajstić information content (AvgIpc) is 3.03.